The third-order valence-electron chi connectivity index (χ3n) is 2.60. The number of halogens is 1. The maximum atomic E-state index is 6.13. The van der Waals surface area contributed by atoms with Gasteiger partial charge in [0, 0.05) is 16.7 Å². The van der Waals surface area contributed by atoms with Crippen LogP contribution in [0.15, 0.2) is 24.4 Å². The molecule has 0 bridgehead atoms. The summed E-state index contributed by atoms with van der Waals surface area (Å²) in [5.74, 6) is 0.695. The van der Waals surface area contributed by atoms with E-state index in [1.165, 1.54) is 0 Å². The Morgan fingerprint density at radius 1 is 1.12 bits per heavy atom. The SMILES string of the molecule is COc1cnnc(-c2cc(C)c(Cl)c(C)c2)c1. The highest BCUT2D eigenvalue weighted by molar-refractivity contribution is 6.32. The molecule has 0 saturated carbocycles. The Morgan fingerprint density at radius 2 is 1.76 bits per heavy atom. The Labute approximate surface area is 105 Å². The second-order valence-electron chi connectivity index (χ2n) is 3.90. The summed E-state index contributed by atoms with van der Waals surface area (Å²) in [4.78, 5) is 0. The average Bonchev–Trinajstić information content (AvgIpc) is 2.35. The van der Waals surface area contributed by atoms with Gasteiger partial charge in [-0.15, -0.1) is 0 Å². The van der Waals surface area contributed by atoms with Crippen LogP contribution in [0.4, 0.5) is 0 Å². The fraction of sp³-hybridized carbons (Fsp3) is 0.231. The highest BCUT2D eigenvalue weighted by Crippen LogP contribution is 2.28. The topological polar surface area (TPSA) is 35.0 Å². The van der Waals surface area contributed by atoms with Crippen molar-refractivity contribution in [1.29, 1.82) is 0 Å². The number of hydrogen-bond donors (Lipinski definition) is 0. The zero-order chi connectivity index (χ0) is 12.4. The van der Waals surface area contributed by atoms with Crippen molar-refractivity contribution in [2.45, 2.75) is 13.8 Å². The molecular formula is C13H13ClN2O. The van der Waals surface area contributed by atoms with E-state index in [2.05, 4.69) is 10.2 Å². The van der Waals surface area contributed by atoms with Crippen LogP contribution in [-0.2, 0) is 0 Å². The molecule has 1 aromatic carbocycles. The van der Waals surface area contributed by atoms with Crippen molar-refractivity contribution in [1.82, 2.24) is 10.2 Å². The van der Waals surface area contributed by atoms with Crippen LogP contribution >= 0.6 is 11.6 Å². The van der Waals surface area contributed by atoms with Gasteiger partial charge in [0.05, 0.1) is 19.0 Å². The zero-order valence-corrected chi connectivity index (χ0v) is 10.7. The lowest BCUT2D eigenvalue weighted by molar-refractivity contribution is 0.412. The van der Waals surface area contributed by atoms with Crippen LogP contribution in [0.2, 0.25) is 5.02 Å². The van der Waals surface area contributed by atoms with Gasteiger partial charge in [0.1, 0.15) is 5.75 Å². The summed E-state index contributed by atoms with van der Waals surface area (Å²) >= 11 is 6.13. The predicted octanol–water partition coefficient (Wildman–Crippen LogP) is 3.42. The van der Waals surface area contributed by atoms with Gasteiger partial charge < -0.3 is 4.74 Å². The van der Waals surface area contributed by atoms with E-state index in [0.717, 1.165) is 27.4 Å². The number of aryl methyl sites for hydroxylation is 2. The monoisotopic (exact) mass is 248 g/mol. The number of benzene rings is 1. The van der Waals surface area contributed by atoms with Gasteiger partial charge in [0.15, 0.2) is 0 Å². The highest BCUT2D eigenvalue weighted by Gasteiger charge is 2.07. The Kier molecular flexibility index (Phi) is 3.29. The molecule has 1 aromatic heterocycles. The molecule has 4 heteroatoms. The first-order valence-corrected chi connectivity index (χ1v) is 5.63. The Bertz CT molecular complexity index is 532. The van der Waals surface area contributed by atoms with Gasteiger partial charge in [0.25, 0.3) is 0 Å². The summed E-state index contributed by atoms with van der Waals surface area (Å²) < 4.78 is 5.13. The van der Waals surface area contributed by atoms with Crippen LogP contribution < -0.4 is 4.74 Å². The van der Waals surface area contributed by atoms with Gasteiger partial charge in [0.2, 0.25) is 0 Å². The zero-order valence-electron chi connectivity index (χ0n) is 9.99. The van der Waals surface area contributed by atoms with E-state index in [0.29, 0.717) is 5.75 Å². The molecule has 0 aliphatic rings. The van der Waals surface area contributed by atoms with Gasteiger partial charge in [-0.3, -0.25) is 0 Å². The molecule has 0 aliphatic carbocycles. The number of methoxy groups -OCH3 is 1. The van der Waals surface area contributed by atoms with Crippen molar-refractivity contribution in [3.8, 4) is 17.0 Å². The first-order valence-electron chi connectivity index (χ1n) is 5.25. The molecule has 17 heavy (non-hydrogen) atoms. The van der Waals surface area contributed by atoms with Crippen molar-refractivity contribution >= 4 is 11.6 Å². The molecule has 0 amide bonds. The Hall–Kier alpha value is -1.61. The van der Waals surface area contributed by atoms with E-state index in [9.17, 15) is 0 Å². The minimum atomic E-state index is 0.695. The molecule has 0 N–H and O–H groups in total. The van der Waals surface area contributed by atoms with E-state index in [4.69, 9.17) is 16.3 Å². The van der Waals surface area contributed by atoms with Gasteiger partial charge >= 0.3 is 0 Å². The maximum absolute atomic E-state index is 6.13. The van der Waals surface area contributed by atoms with Crippen molar-refractivity contribution in [2.24, 2.45) is 0 Å². The Morgan fingerprint density at radius 3 is 2.35 bits per heavy atom. The minimum Gasteiger partial charge on any atom is -0.495 e. The summed E-state index contributed by atoms with van der Waals surface area (Å²) in [7, 11) is 1.61. The largest absolute Gasteiger partial charge is 0.495 e. The quantitative estimate of drug-likeness (QED) is 0.817. The molecule has 88 valence electrons. The lowest BCUT2D eigenvalue weighted by Gasteiger charge is -2.07. The van der Waals surface area contributed by atoms with E-state index in [1.807, 2.05) is 32.0 Å². The van der Waals surface area contributed by atoms with Crippen molar-refractivity contribution in [2.75, 3.05) is 7.11 Å². The van der Waals surface area contributed by atoms with Crippen molar-refractivity contribution in [3.63, 3.8) is 0 Å². The normalized spacial score (nSPS) is 10.4. The summed E-state index contributed by atoms with van der Waals surface area (Å²) in [6.07, 6.45) is 1.58. The van der Waals surface area contributed by atoms with Crippen LogP contribution in [0.3, 0.4) is 0 Å². The standard InChI is InChI=1S/C13H13ClN2O/c1-8-4-10(5-9(2)13(8)14)12-6-11(17-3)7-15-16-12/h4-7H,1-3H3. The summed E-state index contributed by atoms with van der Waals surface area (Å²) in [5, 5.41) is 8.80. The molecule has 1 heterocycles. The fourth-order valence-corrected chi connectivity index (χ4v) is 1.80. The lowest BCUT2D eigenvalue weighted by atomic mass is 10.0. The molecule has 3 nitrogen and oxygen atoms in total. The van der Waals surface area contributed by atoms with Crippen LogP contribution in [0, 0.1) is 13.8 Å². The molecule has 0 unspecified atom stereocenters. The molecule has 0 fully saturated rings. The fourth-order valence-electron chi connectivity index (χ4n) is 1.70. The van der Waals surface area contributed by atoms with Crippen LogP contribution in [0.5, 0.6) is 5.75 Å². The minimum absolute atomic E-state index is 0.695. The van der Waals surface area contributed by atoms with E-state index in [-0.39, 0.29) is 0 Å². The van der Waals surface area contributed by atoms with Crippen LogP contribution in [0.1, 0.15) is 11.1 Å². The highest BCUT2D eigenvalue weighted by atomic mass is 35.5. The first kappa shape index (κ1) is 11.9. The number of hydrogen-bond acceptors (Lipinski definition) is 3. The molecule has 0 aliphatic heterocycles. The number of rotatable bonds is 2. The summed E-state index contributed by atoms with van der Waals surface area (Å²) in [5.41, 5.74) is 3.85. The van der Waals surface area contributed by atoms with E-state index >= 15 is 0 Å². The first-order chi connectivity index (χ1) is 8.11. The van der Waals surface area contributed by atoms with Crippen molar-refractivity contribution < 1.29 is 4.74 Å². The third-order valence-corrected chi connectivity index (χ3v) is 3.19. The number of ether oxygens (including phenoxy) is 1. The van der Waals surface area contributed by atoms with Crippen LogP contribution in [-0.4, -0.2) is 17.3 Å². The molecular weight excluding hydrogens is 236 g/mol. The second kappa shape index (κ2) is 4.72. The van der Waals surface area contributed by atoms with Gasteiger partial charge in [-0.05, 0) is 37.1 Å². The van der Waals surface area contributed by atoms with Gasteiger partial charge in [-0.25, -0.2) is 0 Å². The third kappa shape index (κ3) is 2.39. The predicted molar refractivity (Wildman–Crippen MR) is 68.5 cm³/mol. The molecule has 0 atom stereocenters. The number of nitrogens with zero attached hydrogens (tertiary/aromatic N) is 2. The second-order valence-corrected chi connectivity index (χ2v) is 4.28. The Balaban J connectivity index is 2.52. The molecule has 2 rings (SSSR count). The van der Waals surface area contributed by atoms with Gasteiger partial charge in [-0.1, -0.05) is 11.6 Å². The van der Waals surface area contributed by atoms with Crippen molar-refractivity contribution in [3.05, 3.63) is 40.5 Å². The van der Waals surface area contributed by atoms with E-state index in [1.54, 1.807) is 13.3 Å². The number of aromatic nitrogens is 2. The van der Waals surface area contributed by atoms with E-state index < -0.39 is 0 Å². The van der Waals surface area contributed by atoms with Crippen LogP contribution in [0.25, 0.3) is 11.3 Å². The lowest BCUT2D eigenvalue weighted by Crippen LogP contribution is -1.92. The van der Waals surface area contributed by atoms with Gasteiger partial charge in [-0.2, -0.15) is 10.2 Å². The molecule has 0 spiro atoms. The smallest absolute Gasteiger partial charge is 0.141 e. The molecule has 2 aromatic rings. The molecule has 0 saturated heterocycles. The summed E-state index contributed by atoms with van der Waals surface area (Å²) in [6, 6.07) is 5.85. The summed E-state index contributed by atoms with van der Waals surface area (Å²) in [6.45, 7) is 3.96. The average molecular weight is 249 g/mol. The molecule has 0 radical (unpaired) electrons. The maximum Gasteiger partial charge on any atom is 0.141 e.